The fraction of sp³-hybridized carbons (Fsp3) is 0.667. The average Bonchev–Trinajstić information content (AvgIpc) is 1.87. The van der Waals surface area contributed by atoms with E-state index in [-0.39, 0.29) is 11.8 Å². The minimum atomic E-state index is -0.196. The Morgan fingerprint density at radius 1 is 1.50 bits per heavy atom. The SMILES string of the molecule is BN(C(C)=O)C(=O)CCC. The van der Waals surface area contributed by atoms with Crippen molar-refractivity contribution in [2.75, 3.05) is 0 Å². The van der Waals surface area contributed by atoms with Gasteiger partial charge in [0.15, 0.2) is 0 Å². The Hall–Kier alpha value is -0.795. The fourth-order valence-electron chi connectivity index (χ4n) is 0.557. The van der Waals surface area contributed by atoms with Crippen LogP contribution in [0.15, 0.2) is 0 Å². The van der Waals surface area contributed by atoms with Crippen molar-refractivity contribution in [2.24, 2.45) is 0 Å². The van der Waals surface area contributed by atoms with Crippen molar-refractivity contribution >= 4 is 19.8 Å². The van der Waals surface area contributed by atoms with Gasteiger partial charge in [0.05, 0.1) is 0 Å². The van der Waals surface area contributed by atoms with Crippen molar-refractivity contribution in [2.45, 2.75) is 26.7 Å². The van der Waals surface area contributed by atoms with E-state index in [2.05, 4.69) is 0 Å². The Labute approximate surface area is 61.8 Å². The first kappa shape index (κ1) is 9.20. The van der Waals surface area contributed by atoms with Crippen LogP contribution in [-0.2, 0) is 9.59 Å². The summed E-state index contributed by atoms with van der Waals surface area (Å²) in [7, 11) is 1.50. The molecule has 0 unspecified atom stereocenters. The molecule has 2 amide bonds. The van der Waals surface area contributed by atoms with Crippen LogP contribution in [-0.4, -0.2) is 24.6 Å². The molecular weight excluding hydrogens is 129 g/mol. The molecule has 0 bridgehead atoms. The number of hydrogen-bond donors (Lipinski definition) is 0. The summed E-state index contributed by atoms with van der Waals surface area (Å²) in [5.74, 6) is -0.298. The minimum absolute atomic E-state index is 0.102. The lowest BCUT2D eigenvalue weighted by atomic mass is 10.2. The molecule has 0 heterocycles. The van der Waals surface area contributed by atoms with Gasteiger partial charge < -0.3 is 4.81 Å². The summed E-state index contributed by atoms with van der Waals surface area (Å²) in [6.07, 6.45) is 1.24. The number of amides is 2. The summed E-state index contributed by atoms with van der Waals surface area (Å²) in [6, 6.07) is 0. The lowest BCUT2D eigenvalue weighted by Crippen LogP contribution is -2.32. The maximum absolute atomic E-state index is 10.9. The third-order valence-electron chi connectivity index (χ3n) is 1.31. The number of imide groups is 1. The number of rotatable bonds is 2. The van der Waals surface area contributed by atoms with Gasteiger partial charge in [-0.05, 0) is 6.42 Å². The summed E-state index contributed by atoms with van der Waals surface area (Å²) < 4.78 is 0. The molecule has 10 heavy (non-hydrogen) atoms. The van der Waals surface area contributed by atoms with E-state index in [1.807, 2.05) is 6.92 Å². The molecular formula is C6H12BNO2. The largest absolute Gasteiger partial charge is 0.337 e. The maximum Gasteiger partial charge on any atom is 0.231 e. The Bertz CT molecular complexity index is 147. The molecule has 0 rings (SSSR count). The topological polar surface area (TPSA) is 37.4 Å². The van der Waals surface area contributed by atoms with E-state index >= 15 is 0 Å². The molecule has 56 valence electrons. The summed E-state index contributed by atoms with van der Waals surface area (Å²) in [4.78, 5) is 22.6. The second-order valence-corrected chi connectivity index (χ2v) is 2.22. The fourth-order valence-corrected chi connectivity index (χ4v) is 0.557. The second-order valence-electron chi connectivity index (χ2n) is 2.22. The van der Waals surface area contributed by atoms with Crippen LogP contribution in [0.3, 0.4) is 0 Å². The molecule has 0 aromatic rings. The van der Waals surface area contributed by atoms with Gasteiger partial charge in [0, 0.05) is 13.3 Å². The van der Waals surface area contributed by atoms with Crippen LogP contribution in [0.5, 0.6) is 0 Å². The zero-order valence-electron chi connectivity index (χ0n) is 6.68. The molecule has 0 radical (unpaired) electrons. The van der Waals surface area contributed by atoms with Crippen LogP contribution in [0, 0.1) is 0 Å². The van der Waals surface area contributed by atoms with Crippen LogP contribution >= 0.6 is 0 Å². The van der Waals surface area contributed by atoms with Crippen molar-refractivity contribution in [1.29, 1.82) is 0 Å². The summed E-state index contributed by atoms with van der Waals surface area (Å²) >= 11 is 0. The first-order chi connectivity index (χ1) is 4.59. The van der Waals surface area contributed by atoms with Gasteiger partial charge in [-0.25, -0.2) is 0 Å². The van der Waals surface area contributed by atoms with Gasteiger partial charge in [-0.15, -0.1) is 0 Å². The molecule has 0 aromatic carbocycles. The smallest absolute Gasteiger partial charge is 0.231 e. The van der Waals surface area contributed by atoms with Crippen molar-refractivity contribution < 1.29 is 9.59 Å². The molecule has 0 saturated heterocycles. The molecule has 4 heteroatoms. The van der Waals surface area contributed by atoms with E-state index in [1.54, 1.807) is 0 Å². The Kier molecular flexibility index (Phi) is 3.76. The molecule has 0 N–H and O–H groups in total. The molecule has 0 aliphatic carbocycles. The highest BCUT2D eigenvalue weighted by Gasteiger charge is 2.09. The van der Waals surface area contributed by atoms with Crippen LogP contribution in [0.4, 0.5) is 0 Å². The first-order valence-corrected chi connectivity index (χ1v) is 3.36. The van der Waals surface area contributed by atoms with E-state index in [4.69, 9.17) is 0 Å². The van der Waals surface area contributed by atoms with E-state index in [9.17, 15) is 9.59 Å². The molecule has 0 aliphatic heterocycles. The Morgan fingerprint density at radius 2 is 2.00 bits per heavy atom. The Balaban J connectivity index is 3.82. The van der Waals surface area contributed by atoms with Crippen molar-refractivity contribution in [3.63, 3.8) is 0 Å². The van der Waals surface area contributed by atoms with E-state index in [1.165, 1.54) is 14.9 Å². The molecule has 0 aromatic heterocycles. The third-order valence-corrected chi connectivity index (χ3v) is 1.31. The molecule has 0 spiro atoms. The van der Waals surface area contributed by atoms with Gasteiger partial charge in [0.2, 0.25) is 19.8 Å². The maximum atomic E-state index is 10.9. The van der Waals surface area contributed by atoms with Crippen molar-refractivity contribution in [3.8, 4) is 0 Å². The number of nitrogens with zero attached hydrogens (tertiary/aromatic N) is 1. The average molecular weight is 141 g/mol. The van der Waals surface area contributed by atoms with Crippen LogP contribution in [0.2, 0.25) is 0 Å². The van der Waals surface area contributed by atoms with Gasteiger partial charge >= 0.3 is 0 Å². The van der Waals surface area contributed by atoms with Gasteiger partial charge in [0.25, 0.3) is 0 Å². The Morgan fingerprint density at radius 3 is 2.30 bits per heavy atom. The highest BCUT2D eigenvalue weighted by atomic mass is 16.2. The van der Waals surface area contributed by atoms with E-state index in [0.29, 0.717) is 6.42 Å². The first-order valence-electron chi connectivity index (χ1n) is 3.36. The zero-order chi connectivity index (χ0) is 8.15. The van der Waals surface area contributed by atoms with Gasteiger partial charge in [-0.1, -0.05) is 6.92 Å². The molecule has 0 aliphatic rings. The predicted octanol–water partition coefficient (Wildman–Crippen LogP) is -0.290. The van der Waals surface area contributed by atoms with Gasteiger partial charge in [-0.3, -0.25) is 9.59 Å². The lowest BCUT2D eigenvalue weighted by Gasteiger charge is -2.11. The van der Waals surface area contributed by atoms with Gasteiger partial charge in [-0.2, -0.15) is 0 Å². The zero-order valence-corrected chi connectivity index (χ0v) is 6.68. The molecule has 0 saturated carbocycles. The van der Waals surface area contributed by atoms with Gasteiger partial charge in [0.1, 0.15) is 0 Å². The number of carbonyl (C=O) groups is 2. The summed E-state index contributed by atoms with van der Waals surface area (Å²) in [5.41, 5.74) is 0. The monoisotopic (exact) mass is 141 g/mol. The minimum Gasteiger partial charge on any atom is -0.337 e. The quantitative estimate of drug-likeness (QED) is 0.495. The van der Waals surface area contributed by atoms with Crippen molar-refractivity contribution in [3.05, 3.63) is 0 Å². The predicted molar refractivity (Wildman–Crippen MR) is 41.0 cm³/mol. The van der Waals surface area contributed by atoms with Crippen molar-refractivity contribution in [1.82, 2.24) is 4.81 Å². The third kappa shape index (κ3) is 2.66. The van der Waals surface area contributed by atoms with Crippen LogP contribution in [0.25, 0.3) is 0 Å². The number of carbonyl (C=O) groups excluding carboxylic acids is 2. The highest BCUT2D eigenvalue weighted by Crippen LogP contribution is 1.93. The molecule has 0 fully saturated rings. The van der Waals surface area contributed by atoms with E-state index < -0.39 is 0 Å². The summed E-state index contributed by atoms with van der Waals surface area (Å²) in [5, 5.41) is 0. The van der Waals surface area contributed by atoms with E-state index in [0.717, 1.165) is 11.2 Å². The second kappa shape index (κ2) is 4.09. The molecule has 3 nitrogen and oxygen atoms in total. The summed E-state index contributed by atoms with van der Waals surface area (Å²) in [6.45, 7) is 3.29. The van der Waals surface area contributed by atoms with Crippen LogP contribution < -0.4 is 0 Å². The highest BCUT2D eigenvalue weighted by molar-refractivity contribution is 6.24. The molecule has 0 atom stereocenters. The lowest BCUT2D eigenvalue weighted by molar-refractivity contribution is -0.137. The number of hydrogen-bond acceptors (Lipinski definition) is 2. The normalized spacial score (nSPS) is 9.00. The van der Waals surface area contributed by atoms with Crippen LogP contribution in [0.1, 0.15) is 26.7 Å². The standard InChI is InChI=1S/C6H12BNO2/c1-3-4-6(10)8(7)5(2)9/h3-4,7H2,1-2H3.